The highest BCUT2D eigenvalue weighted by Crippen LogP contribution is 2.43. The molecule has 1 aromatic heterocycles. The zero-order valence-corrected chi connectivity index (χ0v) is 21.8. The Bertz CT molecular complexity index is 2170. The van der Waals surface area contributed by atoms with Gasteiger partial charge in [-0.05, 0) is 69.6 Å². The fourth-order valence-corrected chi connectivity index (χ4v) is 5.86. The minimum absolute atomic E-state index is 0.880. The highest BCUT2D eigenvalue weighted by atomic mass is 16.3. The first-order chi connectivity index (χ1) is 19.8. The van der Waals surface area contributed by atoms with Crippen LogP contribution in [0, 0.1) is 0 Å². The van der Waals surface area contributed by atoms with Crippen molar-refractivity contribution in [3.63, 3.8) is 0 Å². The van der Waals surface area contributed by atoms with Crippen LogP contribution in [0.5, 0.6) is 0 Å². The summed E-state index contributed by atoms with van der Waals surface area (Å²) < 4.78 is 6.48. The molecule has 8 aromatic rings. The normalized spacial score (nSPS) is 11.5. The van der Waals surface area contributed by atoms with Crippen molar-refractivity contribution in [1.82, 2.24) is 0 Å². The molecule has 2 nitrogen and oxygen atoms in total. The van der Waals surface area contributed by atoms with Crippen molar-refractivity contribution in [2.24, 2.45) is 0 Å². The number of rotatable bonds is 4. The monoisotopic (exact) mass is 511 g/mol. The molecule has 7 aromatic carbocycles. The van der Waals surface area contributed by atoms with Gasteiger partial charge in [-0.15, -0.1) is 0 Å². The Morgan fingerprint density at radius 2 is 1.00 bits per heavy atom. The second-order valence-electron chi connectivity index (χ2n) is 10.2. The summed E-state index contributed by atoms with van der Waals surface area (Å²) in [6.07, 6.45) is 0. The van der Waals surface area contributed by atoms with Gasteiger partial charge in [0.05, 0.1) is 5.69 Å². The van der Waals surface area contributed by atoms with E-state index in [0.29, 0.717) is 0 Å². The predicted octanol–water partition coefficient (Wildman–Crippen LogP) is 11.0. The molecule has 40 heavy (non-hydrogen) atoms. The van der Waals surface area contributed by atoms with Gasteiger partial charge in [-0.1, -0.05) is 103 Å². The number of nitrogens with zero attached hydrogens (tertiary/aromatic N) is 1. The molecule has 0 saturated heterocycles. The molecule has 188 valence electrons. The molecule has 0 radical (unpaired) electrons. The van der Waals surface area contributed by atoms with Crippen LogP contribution in [0.2, 0.25) is 0 Å². The molecule has 8 rings (SSSR count). The van der Waals surface area contributed by atoms with Crippen LogP contribution < -0.4 is 4.90 Å². The van der Waals surface area contributed by atoms with Gasteiger partial charge < -0.3 is 9.32 Å². The van der Waals surface area contributed by atoms with Crippen LogP contribution in [-0.4, -0.2) is 0 Å². The second-order valence-corrected chi connectivity index (χ2v) is 10.2. The third-order valence-electron chi connectivity index (χ3n) is 7.80. The number of hydrogen-bond acceptors (Lipinski definition) is 2. The van der Waals surface area contributed by atoms with Crippen molar-refractivity contribution >= 4 is 60.5 Å². The molecule has 0 aliphatic heterocycles. The first kappa shape index (κ1) is 22.6. The topological polar surface area (TPSA) is 16.4 Å². The number of furan rings is 1. The lowest BCUT2D eigenvalue weighted by Gasteiger charge is -2.28. The molecule has 0 spiro atoms. The van der Waals surface area contributed by atoms with Crippen molar-refractivity contribution in [3.8, 4) is 11.1 Å². The van der Waals surface area contributed by atoms with Gasteiger partial charge in [0.15, 0.2) is 0 Å². The lowest BCUT2D eigenvalue weighted by Crippen LogP contribution is -2.11. The number of hydrogen-bond donors (Lipinski definition) is 0. The lowest BCUT2D eigenvalue weighted by atomic mass is 10.0. The van der Waals surface area contributed by atoms with E-state index < -0.39 is 0 Å². The fourth-order valence-electron chi connectivity index (χ4n) is 5.86. The highest BCUT2D eigenvalue weighted by Gasteiger charge is 2.19. The molecule has 0 N–H and O–H groups in total. The third-order valence-corrected chi connectivity index (χ3v) is 7.80. The van der Waals surface area contributed by atoms with Crippen molar-refractivity contribution in [1.29, 1.82) is 0 Å². The van der Waals surface area contributed by atoms with E-state index in [-0.39, 0.29) is 0 Å². The summed E-state index contributed by atoms with van der Waals surface area (Å²) in [7, 11) is 0. The Balaban J connectivity index is 1.37. The molecule has 0 bridgehead atoms. The predicted molar refractivity (Wildman–Crippen MR) is 169 cm³/mol. The molecular formula is C38H25NO. The summed E-state index contributed by atoms with van der Waals surface area (Å²) in [5.41, 5.74) is 7.41. The van der Waals surface area contributed by atoms with E-state index in [2.05, 4.69) is 157 Å². The standard InChI is InChI=1S/C38H25NO/c1-2-11-27(12-3-1)33-16-8-9-17-36(33)39(31-19-18-26-10-4-5-13-28(26)22-31)32-20-21-34-35-23-29-14-6-7-15-30(29)24-37(35)40-38(34)25-32/h1-25H. The van der Waals surface area contributed by atoms with Crippen molar-refractivity contribution in [3.05, 3.63) is 152 Å². The van der Waals surface area contributed by atoms with E-state index in [0.717, 1.165) is 39.0 Å². The summed E-state index contributed by atoms with van der Waals surface area (Å²) in [6, 6.07) is 53.8. The molecule has 0 unspecified atom stereocenters. The molecule has 1 heterocycles. The largest absolute Gasteiger partial charge is 0.456 e. The minimum Gasteiger partial charge on any atom is -0.456 e. The van der Waals surface area contributed by atoms with Gasteiger partial charge >= 0.3 is 0 Å². The highest BCUT2D eigenvalue weighted by molar-refractivity contribution is 6.11. The fraction of sp³-hybridized carbons (Fsp3) is 0. The summed E-state index contributed by atoms with van der Waals surface area (Å²) in [6.45, 7) is 0. The van der Waals surface area contributed by atoms with E-state index >= 15 is 0 Å². The van der Waals surface area contributed by atoms with E-state index in [1.807, 2.05) is 0 Å². The van der Waals surface area contributed by atoms with Crippen LogP contribution in [0.4, 0.5) is 17.1 Å². The summed E-state index contributed by atoms with van der Waals surface area (Å²) >= 11 is 0. The number of fused-ring (bicyclic) bond motifs is 5. The van der Waals surface area contributed by atoms with Crippen LogP contribution in [0.1, 0.15) is 0 Å². The quantitative estimate of drug-likeness (QED) is 0.234. The molecule has 0 amide bonds. The Morgan fingerprint density at radius 1 is 0.400 bits per heavy atom. The molecular weight excluding hydrogens is 486 g/mol. The smallest absolute Gasteiger partial charge is 0.137 e. The van der Waals surface area contributed by atoms with Crippen molar-refractivity contribution in [2.45, 2.75) is 0 Å². The summed E-state index contributed by atoms with van der Waals surface area (Å²) in [5.74, 6) is 0. The van der Waals surface area contributed by atoms with E-state index in [1.165, 1.54) is 32.7 Å². The van der Waals surface area contributed by atoms with Gasteiger partial charge in [-0.3, -0.25) is 0 Å². The van der Waals surface area contributed by atoms with Gasteiger partial charge in [0.2, 0.25) is 0 Å². The Labute approximate surface area is 232 Å². The number of benzene rings is 7. The van der Waals surface area contributed by atoms with Gasteiger partial charge in [0.25, 0.3) is 0 Å². The third kappa shape index (κ3) is 3.73. The molecule has 0 aliphatic rings. The van der Waals surface area contributed by atoms with Crippen molar-refractivity contribution in [2.75, 3.05) is 4.90 Å². The number of para-hydroxylation sites is 1. The van der Waals surface area contributed by atoms with Crippen LogP contribution >= 0.6 is 0 Å². The average molecular weight is 512 g/mol. The first-order valence-electron chi connectivity index (χ1n) is 13.6. The second kappa shape index (κ2) is 9.14. The van der Waals surface area contributed by atoms with E-state index in [4.69, 9.17) is 4.42 Å². The molecule has 0 fully saturated rings. The average Bonchev–Trinajstić information content (AvgIpc) is 3.37. The lowest BCUT2D eigenvalue weighted by molar-refractivity contribution is 0.669. The zero-order valence-electron chi connectivity index (χ0n) is 21.8. The molecule has 0 saturated carbocycles. The Kier molecular flexibility index (Phi) is 5.17. The van der Waals surface area contributed by atoms with Crippen LogP contribution in [-0.2, 0) is 0 Å². The Hall–Kier alpha value is -5.34. The first-order valence-corrected chi connectivity index (χ1v) is 13.6. The molecule has 2 heteroatoms. The van der Waals surface area contributed by atoms with Gasteiger partial charge in [-0.25, -0.2) is 0 Å². The molecule has 0 aliphatic carbocycles. The van der Waals surface area contributed by atoms with Crippen LogP contribution in [0.25, 0.3) is 54.6 Å². The summed E-state index contributed by atoms with van der Waals surface area (Å²) in [5, 5.41) is 7.10. The van der Waals surface area contributed by atoms with Gasteiger partial charge in [0.1, 0.15) is 11.2 Å². The maximum absolute atomic E-state index is 6.48. The van der Waals surface area contributed by atoms with Crippen LogP contribution in [0.15, 0.2) is 156 Å². The van der Waals surface area contributed by atoms with Gasteiger partial charge in [0, 0.05) is 33.8 Å². The number of anilines is 3. The van der Waals surface area contributed by atoms with Crippen LogP contribution in [0.3, 0.4) is 0 Å². The summed E-state index contributed by atoms with van der Waals surface area (Å²) in [4.78, 5) is 2.35. The Morgan fingerprint density at radius 3 is 1.82 bits per heavy atom. The van der Waals surface area contributed by atoms with Crippen molar-refractivity contribution < 1.29 is 4.42 Å². The SMILES string of the molecule is c1ccc(-c2ccccc2N(c2ccc3ccccc3c2)c2ccc3c(c2)oc2cc4ccccc4cc23)cc1. The maximum atomic E-state index is 6.48. The van der Waals surface area contributed by atoms with Gasteiger partial charge in [-0.2, -0.15) is 0 Å². The van der Waals surface area contributed by atoms with E-state index in [1.54, 1.807) is 0 Å². The zero-order chi connectivity index (χ0) is 26.5. The van der Waals surface area contributed by atoms with E-state index in [9.17, 15) is 0 Å². The molecule has 0 atom stereocenters. The maximum Gasteiger partial charge on any atom is 0.137 e. The minimum atomic E-state index is 0.880.